The maximum atomic E-state index is 13.1. The third-order valence-corrected chi connectivity index (χ3v) is 6.00. The van der Waals surface area contributed by atoms with E-state index in [1.807, 2.05) is 12.1 Å². The molecule has 0 atom stereocenters. The normalized spacial score (nSPS) is 11.7. The molecule has 4 rings (SSSR count). The second-order valence-corrected chi connectivity index (χ2v) is 7.74. The molecule has 0 aliphatic heterocycles. The van der Waals surface area contributed by atoms with Gasteiger partial charge in [-0.1, -0.05) is 30.3 Å². The molecule has 0 radical (unpaired) electrons. The number of anilines is 1. The van der Waals surface area contributed by atoms with Gasteiger partial charge in [0.1, 0.15) is 6.33 Å². The van der Waals surface area contributed by atoms with Gasteiger partial charge in [-0.15, -0.1) is 0 Å². The molecule has 0 amide bonds. The van der Waals surface area contributed by atoms with Crippen LogP contribution in [0.15, 0.2) is 71.9 Å². The molecule has 0 unspecified atom stereocenters. The highest BCUT2D eigenvalue weighted by Gasteiger charge is 2.23. The summed E-state index contributed by atoms with van der Waals surface area (Å²) >= 11 is 0. The molecule has 4 aromatic rings. The first-order chi connectivity index (χ1) is 12.5. The summed E-state index contributed by atoms with van der Waals surface area (Å²) < 4.78 is 27.5. The van der Waals surface area contributed by atoms with Crippen molar-refractivity contribution in [1.82, 2.24) is 13.9 Å². The zero-order valence-electron chi connectivity index (χ0n) is 14.0. The standard InChI is InChI=1S/C19H16N4O2S/c1-13-11-17-18(14-7-9-15(20)10-8-14)21-12-22-19(17)23(13)26(24,25)16-5-3-2-4-6-16/h2-12H,20H2,1H3. The third-order valence-electron chi connectivity index (χ3n) is 4.19. The Bertz CT molecular complexity index is 1200. The molecule has 2 aromatic heterocycles. The van der Waals surface area contributed by atoms with Crippen molar-refractivity contribution in [3.05, 3.63) is 72.7 Å². The van der Waals surface area contributed by atoms with Crippen LogP contribution in [0.5, 0.6) is 0 Å². The largest absolute Gasteiger partial charge is 0.399 e. The van der Waals surface area contributed by atoms with E-state index in [0.29, 0.717) is 28.1 Å². The van der Waals surface area contributed by atoms with E-state index in [1.54, 1.807) is 55.5 Å². The van der Waals surface area contributed by atoms with Crippen LogP contribution in [0.2, 0.25) is 0 Å². The second kappa shape index (κ2) is 5.96. The summed E-state index contributed by atoms with van der Waals surface area (Å²) in [4.78, 5) is 8.82. The lowest BCUT2D eigenvalue weighted by molar-refractivity contribution is 0.587. The van der Waals surface area contributed by atoms with E-state index in [4.69, 9.17) is 5.73 Å². The highest BCUT2D eigenvalue weighted by molar-refractivity contribution is 7.90. The van der Waals surface area contributed by atoms with Crippen molar-refractivity contribution < 1.29 is 8.42 Å². The molecule has 26 heavy (non-hydrogen) atoms. The lowest BCUT2D eigenvalue weighted by Crippen LogP contribution is -2.14. The molecule has 0 fully saturated rings. The summed E-state index contributed by atoms with van der Waals surface area (Å²) in [7, 11) is -3.75. The number of benzene rings is 2. The van der Waals surface area contributed by atoms with Crippen molar-refractivity contribution in [3.63, 3.8) is 0 Å². The van der Waals surface area contributed by atoms with E-state index >= 15 is 0 Å². The molecule has 0 aliphatic carbocycles. The lowest BCUT2D eigenvalue weighted by atomic mass is 10.1. The van der Waals surface area contributed by atoms with Crippen LogP contribution >= 0.6 is 0 Å². The van der Waals surface area contributed by atoms with Gasteiger partial charge in [0.2, 0.25) is 0 Å². The van der Waals surface area contributed by atoms with Crippen LogP contribution in [-0.2, 0) is 10.0 Å². The third kappa shape index (κ3) is 2.53. The molecule has 7 heteroatoms. The highest BCUT2D eigenvalue weighted by Crippen LogP contribution is 2.30. The van der Waals surface area contributed by atoms with Crippen LogP contribution in [0, 0.1) is 6.92 Å². The number of nitrogens with two attached hydrogens (primary N) is 1. The zero-order chi connectivity index (χ0) is 18.3. The summed E-state index contributed by atoms with van der Waals surface area (Å²) in [5.74, 6) is 0. The topological polar surface area (TPSA) is 90.9 Å². The maximum absolute atomic E-state index is 13.1. The molecule has 2 N–H and O–H groups in total. The summed E-state index contributed by atoms with van der Waals surface area (Å²) in [5, 5.41) is 0.675. The molecule has 2 heterocycles. The van der Waals surface area contributed by atoms with Crippen LogP contribution in [-0.4, -0.2) is 22.4 Å². The first-order valence-electron chi connectivity index (χ1n) is 7.98. The van der Waals surface area contributed by atoms with Crippen molar-refractivity contribution in [3.8, 4) is 11.3 Å². The van der Waals surface area contributed by atoms with E-state index in [2.05, 4.69) is 9.97 Å². The predicted molar refractivity (Wildman–Crippen MR) is 101 cm³/mol. The number of aromatic nitrogens is 3. The Hall–Kier alpha value is -3.19. The molecular formula is C19H16N4O2S. The average Bonchev–Trinajstić information content (AvgIpc) is 2.99. The smallest absolute Gasteiger partial charge is 0.269 e. The number of hydrogen-bond acceptors (Lipinski definition) is 5. The van der Waals surface area contributed by atoms with E-state index in [1.165, 1.54) is 10.3 Å². The van der Waals surface area contributed by atoms with Crippen molar-refractivity contribution in [2.45, 2.75) is 11.8 Å². The molecule has 0 saturated heterocycles. The molecule has 2 aromatic carbocycles. The van der Waals surface area contributed by atoms with Crippen molar-refractivity contribution >= 4 is 26.7 Å². The van der Waals surface area contributed by atoms with Gasteiger partial charge in [-0.2, -0.15) is 0 Å². The Labute approximate surface area is 151 Å². The molecule has 0 aliphatic rings. The van der Waals surface area contributed by atoms with Crippen LogP contribution < -0.4 is 5.73 Å². The van der Waals surface area contributed by atoms with Crippen molar-refractivity contribution in [2.24, 2.45) is 0 Å². The van der Waals surface area contributed by atoms with Gasteiger partial charge in [-0.05, 0) is 37.3 Å². The minimum absolute atomic E-state index is 0.216. The SMILES string of the molecule is Cc1cc2c(-c3ccc(N)cc3)ncnc2n1S(=O)(=O)c1ccccc1. The number of nitrogen functional groups attached to an aromatic ring is 1. The summed E-state index contributed by atoms with van der Waals surface area (Å²) in [6.45, 7) is 1.74. The maximum Gasteiger partial charge on any atom is 0.269 e. The van der Waals surface area contributed by atoms with Gasteiger partial charge >= 0.3 is 0 Å². The number of rotatable bonds is 3. The van der Waals surface area contributed by atoms with Gasteiger partial charge in [0, 0.05) is 22.3 Å². The minimum Gasteiger partial charge on any atom is -0.399 e. The fraction of sp³-hybridized carbons (Fsp3) is 0.0526. The van der Waals surface area contributed by atoms with E-state index in [0.717, 1.165) is 5.56 Å². The number of hydrogen-bond donors (Lipinski definition) is 1. The average molecular weight is 364 g/mol. The molecule has 6 nitrogen and oxygen atoms in total. The quantitative estimate of drug-likeness (QED) is 0.564. The van der Waals surface area contributed by atoms with Crippen molar-refractivity contribution in [1.29, 1.82) is 0 Å². The van der Waals surface area contributed by atoms with Gasteiger partial charge in [0.25, 0.3) is 10.0 Å². The molecule has 0 saturated carbocycles. The van der Waals surface area contributed by atoms with E-state index < -0.39 is 10.0 Å². The fourth-order valence-electron chi connectivity index (χ4n) is 2.99. The van der Waals surface area contributed by atoms with Gasteiger partial charge in [-0.25, -0.2) is 22.4 Å². The highest BCUT2D eigenvalue weighted by atomic mass is 32.2. The van der Waals surface area contributed by atoms with Gasteiger partial charge in [-0.3, -0.25) is 0 Å². The van der Waals surface area contributed by atoms with Gasteiger partial charge < -0.3 is 5.73 Å². The van der Waals surface area contributed by atoms with E-state index in [9.17, 15) is 8.42 Å². The minimum atomic E-state index is -3.75. The van der Waals surface area contributed by atoms with Gasteiger partial charge in [0.05, 0.1) is 10.6 Å². The first-order valence-corrected chi connectivity index (χ1v) is 9.42. The fourth-order valence-corrected chi connectivity index (χ4v) is 4.50. The summed E-state index contributed by atoms with van der Waals surface area (Å²) in [6.07, 6.45) is 1.38. The van der Waals surface area contributed by atoms with Crippen LogP contribution in [0.1, 0.15) is 5.69 Å². The number of fused-ring (bicyclic) bond motifs is 1. The number of nitrogens with zero attached hydrogens (tertiary/aromatic N) is 3. The Kier molecular flexibility index (Phi) is 3.73. The monoisotopic (exact) mass is 364 g/mol. The Morgan fingerprint density at radius 1 is 0.962 bits per heavy atom. The van der Waals surface area contributed by atoms with Gasteiger partial charge in [0.15, 0.2) is 5.65 Å². The molecule has 130 valence electrons. The summed E-state index contributed by atoms with van der Waals surface area (Å²) in [5.41, 5.74) is 8.84. The Balaban J connectivity index is 1.98. The molecular weight excluding hydrogens is 348 g/mol. The lowest BCUT2D eigenvalue weighted by Gasteiger charge is -2.09. The Morgan fingerprint density at radius 3 is 2.35 bits per heavy atom. The zero-order valence-corrected chi connectivity index (χ0v) is 14.8. The summed E-state index contributed by atoms with van der Waals surface area (Å²) in [6, 6.07) is 17.4. The van der Waals surface area contributed by atoms with Crippen LogP contribution in [0.4, 0.5) is 5.69 Å². The molecule has 0 bridgehead atoms. The predicted octanol–water partition coefficient (Wildman–Crippen LogP) is 3.23. The molecule has 0 spiro atoms. The Morgan fingerprint density at radius 2 is 1.65 bits per heavy atom. The number of aryl methyl sites for hydroxylation is 1. The van der Waals surface area contributed by atoms with Crippen molar-refractivity contribution in [2.75, 3.05) is 5.73 Å². The second-order valence-electron chi connectivity index (χ2n) is 5.95. The van der Waals surface area contributed by atoms with Crippen LogP contribution in [0.25, 0.3) is 22.3 Å². The van der Waals surface area contributed by atoms with Crippen LogP contribution in [0.3, 0.4) is 0 Å². The van der Waals surface area contributed by atoms with E-state index in [-0.39, 0.29) is 4.90 Å². The first kappa shape index (κ1) is 16.3.